The summed E-state index contributed by atoms with van der Waals surface area (Å²) >= 11 is 0. The fourth-order valence-electron chi connectivity index (χ4n) is 2.76. The Bertz CT molecular complexity index is 692. The number of imide groups is 1. The minimum Gasteiger partial charge on any atom is -0.490 e. The van der Waals surface area contributed by atoms with Gasteiger partial charge in [-0.1, -0.05) is 6.07 Å². The molecule has 28 heavy (non-hydrogen) atoms. The Morgan fingerprint density at radius 2 is 1.86 bits per heavy atom. The monoisotopic (exact) mass is 391 g/mol. The molecule has 154 valence electrons. The summed E-state index contributed by atoms with van der Waals surface area (Å²) in [5, 5.41) is 8.82. The normalized spacial score (nSPS) is 14.1. The number of aliphatic imine (C=N–C) groups is 1. The number of nitrogens with zero attached hydrogens (tertiary/aromatic N) is 2. The molecule has 0 aromatic heterocycles. The number of carbonyl (C=O) groups is 2. The van der Waals surface area contributed by atoms with Crippen molar-refractivity contribution in [3.63, 3.8) is 0 Å². The van der Waals surface area contributed by atoms with E-state index in [-0.39, 0.29) is 18.5 Å². The Morgan fingerprint density at radius 1 is 1.14 bits per heavy atom. The standard InChI is InChI=1S/C19H29N5O4/c1-4-27-15-7-6-14(12-16(15)28-5-2)8-9-21-18(20-3)22-10-11-24-17(25)13-23-19(24)26/h6-7,12H,4-5,8-11,13H2,1-3H3,(H,23,26)(H2,20,21,22). The lowest BCUT2D eigenvalue weighted by molar-refractivity contribution is -0.124. The fraction of sp³-hybridized carbons (Fsp3) is 0.526. The quantitative estimate of drug-likeness (QED) is 0.309. The van der Waals surface area contributed by atoms with Crippen LogP contribution in [0.3, 0.4) is 0 Å². The van der Waals surface area contributed by atoms with Gasteiger partial charge in [-0.25, -0.2) is 4.79 Å². The van der Waals surface area contributed by atoms with Gasteiger partial charge in [-0.2, -0.15) is 0 Å². The molecule has 0 bridgehead atoms. The number of hydrogen-bond acceptors (Lipinski definition) is 5. The first-order valence-corrected chi connectivity index (χ1v) is 9.50. The molecule has 1 saturated heterocycles. The van der Waals surface area contributed by atoms with Gasteiger partial charge in [-0.15, -0.1) is 0 Å². The van der Waals surface area contributed by atoms with Crippen LogP contribution in [0.1, 0.15) is 19.4 Å². The molecule has 1 heterocycles. The zero-order chi connectivity index (χ0) is 20.4. The molecule has 2 rings (SSSR count). The van der Waals surface area contributed by atoms with Crippen molar-refractivity contribution in [2.75, 3.05) is 46.4 Å². The maximum absolute atomic E-state index is 11.5. The average molecular weight is 391 g/mol. The highest BCUT2D eigenvalue weighted by molar-refractivity contribution is 6.01. The van der Waals surface area contributed by atoms with E-state index in [0.717, 1.165) is 23.5 Å². The van der Waals surface area contributed by atoms with Crippen LogP contribution in [0.15, 0.2) is 23.2 Å². The van der Waals surface area contributed by atoms with Crippen LogP contribution >= 0.6 is 0 Å². The number of amides is 3. The van der Waals surface area contributed by atoms with Crippen molar-refractivity contribution in [2.45, 2.75) is 20.3 Å². The van der Waals surface area contributed by atoms with E-state index >= 15 is 0 Å². The molecular formula is C19H29N5O4. The largest absolute Gasteiger partial charge is 0.490 e. The van der Waals surface area contributed by atoms with Gasteiger partial charge < -0.3 is 25.4 Å². The Kier molecular flexibility index (Phi) is 8.38. The third-order valence-corrected chi connectivity index (χ3v) is 4.10. The van der Waals surface area contributed by atoms with Crippen LogP contribution in [-0.4, -0.2) is 69.2 Å². The van der Waals surface area contributed by atoms with Crippen LogP contribution in [0.25, 0.3) is 0 Å². The summed E-state index contributed by atoms with van der Waals surface area (Å²) < 4.78 is 11.2. The van der Waals surface area contributed by atoms with Gasteiger partial charge in [0.1, 0.15) is 0 Å². The first-order chi connectivity index (χ1) is 13.6. The highest BCUT2D eigenvalue weighted by atomic mass is 16.5. The van der Waals surface area contributed by atoms with Gasteiger partial charge >= 0.3 is 6.03 Å². The number of benzene rings is 1. The molecule has 0 atom stereocenters. The van der Waals surface area contributed by atoms with Crippen molar-refractivity contribution in [1.29, 1.82) is 0 Å². The smallest absolute Gasteiger partial charge is 0.324 e. The number of nitrogens with one attached hydrogen (secondary N) is 3. The number of ether oxygens (including phenoxy) is 2. The fourth-order valence-corrected chi connectivity index (χ4v) is 2.76. The van der Waals surface area contributed by atoms with E-state index in [1.54, 1.807) is 7.05 Å². The highest BCUT2D eigenvalue weighted by Gasteiger charge is 2.27. The molecule has 9 nitrogen and oxygen atoms in total. The predicted octanol–water partition coefficient (Wildman–Crippen LogP) is 0.743. The molecule has 1 aromatic rings. The van der Waals surface area contributed by atoms with Gasteiger partial charge in [0.05, 0.1) is 19.8 Å². The van der Waals surface area contributed by atoms with Crippen molar-refractivity contribution < 1.29 is 19.1 Å². The van der Waals surface area contributed by atoms with Crippen LogP contribution in [0.5, 0.6) is 11.5 Å². The van der Waals surface area contributed by atoms with Gasteiger partial charge in [0, 0.05) is 26.7 Å². The lowest BCUT2D eigenvalue weighted by Gasteiger charge is -2.16. The van der Waals surface area contributed by atoms with Gasteiger partial charge in [0.2, 0.25) is 5.91 Å². The van der Waals surface area contributed by atoms with Crippen molar-refractivity contribution in [2.24, 2.45) is 4.99 Å². The molecule has 0 unspecified atom stereocenters. The van der Waals surface area contributed by atoms with Crippen LogP contribution < -0.4 is 25.4 Å². The van der Waals surface area contributed by atoms with Gasteiger partial charge in [-0.3, -0.25) is 14.7 Å². The SMILES string of the molecule is CCOc1ccc(CCNC(=NC)NCCN2C(=O)CNC2=O)cc1OCC. The first-order valence-electron chi connectivity index (χ1n) is 9.50. The van der Waals surface area contributed by atoms with Crippen molar-refractivity contribution in [3.8, 4) is 11.5 Å². The first kappa shape index (κ1) is 21.3. The van der Waals surface area contributed by atoms with Crippen molar-refractivity contribution in [1.82, 2.24) is 20.9 Å². The maximum Gasteiger partial charge on any atom is 0.324 e. The van der Waals surface area contributed by atoms with Gasteiger partial charge in [-0.05, 0) is 38.0 Å². The molecule has 1 aliphatic rings. The van der Waals surface area contributed by atoms with E-state index < -0.39 is 0 Å². The van der Waals surface area contributed by atoms with Crippen LogP contribution in [0.2, 0.25) is 0 Å². The number of hydrogen-bond donors (Lipinski definition) is 3. The van der Waals surface area contributed by atoms with E-state index in [1.165, 1.54) is 4.90 Å². The summed E-state index contributed by atoms with van der Waals surface area (Å²) in [4.78, 5) is 28.4. The number of urea groups is 1. The average Bonchev–Trinajstić information content (AvgIpc) is 3.01. The molecule has 3 amide bonds. The van der Waals surface area contributed by atoms with Gasteiger partial charge in [0.15, 0.2) is 17.5 Å². The second-order valence-corrected chi connectivity index (χ2v) is 6.03. The second kappa shape index (κ2) is 11.0. The lowest BCUT2D eigenvalue weighted by Crippen LogP contribution is -2.43. The minimum atomic E-state index is -0.352. The lowest BCUT2D eigenvalue weighted by atomic mass is 10.1. The molecular weight excluding hydrogens is 362 g/mol. The van der Waals surface area contributed by atoms with E-state index in [9.17, 15) is 9.59 Å². The van der Waals surface area contributed by atoms with E-state index in [0.29, 0.717) is 38.8 Å². The second-order valence-electron chi connectivity index (χ2n) is 6.03. The van der Waals surface area contributed by atoms with E-state index in [2.05, 4.69) is 20.9 Å². The molecule has 0 spiro atoms. The summed E-state index contributed by atoms with van der Waals surface area (Å²) in [5.74, 6) is 1.90. The Morgan fingerprint density at radius 3 is 2.50 bits per heavy atom. The van der Waals surface area contributed by atoms with E-state index in [1.807, 2.05) is 32.0 Å². The minimum absolute atomic E-state index is 0.0671. The number of carbonyl (C=O) groups excluding carboxylic acids is 2. The third kappa shape index (κ3) is 6.04. The molecule has 1 aromatic carbocycles. The zero-order valence-electron chi connectivity index (χ0n) is 16.7. The topological polar surface area (TPSA) is 104 Å². The molecule has 1 fully saturated rings. The summed E-state index contributed by atoms with van der Waals surface area (Å²) in [5.41, 5.74) is 1.12. The molecule has 9 heteroatoms. The molecule has 3 N–H and O–H groups in total. The maximum atomic E-state index is 11.5. The molecule has 1 aliphatic heterocycles. The third-order valence-electron chi connectivity index (χ3n) is 4.10. The molecule has 0 saturated carbocycles. The van der Waals surface area contributed by atoms with Gasteiger partial charge in [0.25, 0.3) is 0 Å². The summed E-state index contributed by atoms with van der Waals surface area (Å²) in [6.07, 6.45) is 0.778. The Balaban J connectivity index is 1.78. The van der Waals surface area contributed by atoms with E-state index in [4.69, 9.17) is 9.47 Å². The highest BCUT2D eigenvalue weighted by Crippen LogP contribution is 2.28. The summed E-state index contributed by atoms with van der Waals surface area (Å²) in [7, 11) is 1.67. The Hall–Kier alpha value is -2.97. The zero-order valence-corrected chi connectivity index (χ0v) is 16.7. The molecule has 0 aliphatic carbocycles. The van der Waals surface area contributed by atoms with Crippen LogP contribution in [-0.2, 0) is 11.2 Å². The molecule has 0 radical (unpaired) electrons. The van der Waals surface area contributed by atoms with Crippen LogP contribution in [0, 0.1) is 0 Å². The van der Waals surface area contributed by atoms with Crippen LogP contribution in [0.4, 0.5) is 4.79 Å². The predicted molar refractivity (Wildman–Crippen MR) is 107 cm³/mol. The summed E-state index contributed by atoms with van der Waals surface area (Å²) in [6.45, 7) is 6.51. The number of rotatable bonds is 10. The number of guanidine groups is 1. The van der Waals surface area contributed by atoms with Crippen molar-refractivity contribution >= 4 is 17.9 Å². The Labute approximate surface area is 165 Å². The van der Waals surface area contributed by atoms with Crippen molar-refractivity contribution in [3.05, 3.63) is 23.8 Å². The summed E-state index contributed by atoms with van der Waals surface area (Å²) in [6, 6.07) is 5.58.